The van der Waals surface area contributed by atoms with Crippen LogP contribution in [0.4, 0.5) is 14.6 Å². The molecule has 0 radical (unpaired) electrons. The highest BCUT2D eigenvalue weighted by molar-refractivity contribution is 14.1. The molecule has 2 aromatic rings. The zero-order chi connectivity index (χ0) is 23.5. The summed E-state index contributed by atoms with van der Waals surface area (Å²) >= 11 is 7.82. The summed E-state index contributed by atoms with van der Waals surface area (Å²) in [5.41, 5.74) is -0.378. The van der Waals surface area contributed by atoms with E-state index in [4.69, 9.17) is 11.6 Å². The van der Waals surface area contributed by atoms with Crippen LogP contribution in [0.2, 0.25) is 0 Å². The Balaban J connectivity index is 2.07. The molecule has 2 N–H and O–H groups in total. The lowest BCUT2D eigenvalue weighted by Gasteiger charge is -2.35. The smallest absolute Gasteiger partial charge is 0.245 e. The largest absolute Gasteiger partial charge is 0.361 e. The standard InChI is InChI=1S/C22H25ClF2IN5O/c1-4-13(23)9-14-15(10-27-17(14)5-2)19-28-11-16(24)20(30-19)31-8-6-7-22(31,3)21(32)29-12-18(25)26/h4-5,9-11,18,27H,6-8,12H2,1-3H3,(H,29,32)/b13-4+,14-9-,17-5-/t18?,22-/m1/s1. The summed E-state index contributed by atoms with van der Waals surface area (Å²) < 4.78 is 26.9. The molecular formula is C22H25ClF2IN5O. The number of carbonyl (C=O) groups is 1. The van der Waals surface area contributed by atoms with Crippen molar-refractivity contribution in [2.24, 2.45) is 0 Å². The summed E-state index contributed by atoms with van der Waals surface area (Å²) in [5, 5.41) is 4.77. The fourth-order valence-corrected chi connectivity index (χ4v) is 4.16. The second-order valence-electron chi connectivity index (χ2n) is 7.63. The lowest BCUT2D eigenvalue weighted by atomic mass is 9.97. The van der Waals surface area contributed by atoms with Gasteiger partial charge in [0, 0.05) is 33.9 Å². The van der Waals surface area contributed by atoms with Gasteiger partial charge in [-0.2, -0.15) is 0 Å². The fourth-order valence-electron chi connectivity index (χ4n) is 3.83. The second kappa shape index (κ2) is 10.3. The van der Waals surface area contributed by atoms with Crippen molar-refractivity contribution in [3.63, 3.8) is 0 Å². The first-order valence-electron chi connectivity index (χ1n) is 10.3. The van der Waals surface area contributed by atoms with Gasteiger partial charge in [0.2, 0.25) is 5.91 Å². The summed E-state index contributed by atoms with van der Waals surface area (Å²) in [4.78, 5) is 26.4. The molecule has 2 atom stereocenters. The van der Waals surface area contributed by atoms with Gasteiger partial charge in [0.25, 0.3) is 0 Å². The zero-order valence-electron chi connectivity index (χ0n) is 18.1. The van der Waals surface area contributed by atoms with Gasteiger partial charge in [0.15, 0.2) is 21.6 Å². The molecule has 0 aromatic carbocycles. The van der Waals surface area contributed by atoms with Crippen LogP contribution in [0.1, 0.15) is 33.6 Å². The number of nitrogens with one attached hydrogen (secondary N) is 2. The van der Waals surface area contributed by atoms with Crippen molar-refractivity contribution in [1.82, 2.24) is 20.3 Å². The molecule has 3 heterocycles. The van der Waals surface area contributed by atoms with Crippen LogP contribution >= 0.6 is 34.2 Å². The van der Waals surface area contributed by atoms with Crippen LogP contribution < -0.4 is 20.8 Å². The summed E-state index contributed by atoms with van der Waals surface area (Å²) in [6.07, 6.45) is 9.50. The van der Waals surface area contributed by atoms with Gasteiger partial charge >= 0.3 is 0 Å². The lowest BCUT2D eigenvalue weighted by Crippen LogP contribution is -2.54. The first-order valence-corrected chi connectivity index (χ1v) is 11.9. The monoisotopic (exact) mass is 575 g/mol. The van der Waals surface area contributed by atoms with Gasteiger partial charge < -0.3 is 15.2 Å². The Labute approximate surface area is 204 Å². The van der Waals surface area contributed by atoms with E-state index in [1.807, 2.05) is 19.9 Å². The topological polar surface area (TPSA) is 73.9 Å². The van der Waals surface area contributed by atoms with E-state index < -0.39 is 15.5 Å². The number of carbonyl (C=O) groups excluding carboxylic acids is 1. The van der Waals surface area contributed by atoms with Crippen LogP contribution in [0, 0.1) is 5.82 Å². The van der Waals surface area contributed by atoms with E-state index in [2.05, 4.69) is 20.3 Å². The number of alkyl halides is 2. The molecule has 0 bridgehead atoms. The third kappa shape index (κ3) is 4.98. The molecule has 6 nitrogen and oxygen atoms in total. The van der Waals surface area contributed by atoms with Gasteiger partial charge in [-0.15, -0.1) is 0 Å². The Morgan fingerprint density at radius 1 is 1.50 bits per heavy atom. The van der Waals surface area contributed by atoms with Crippen LogP contribution in [0.15, 0.2) is 23.5 Å². The maximum Gasteiger partial charge on any atom is 0.245 e. The fraction of sp³-hybridized carbons (Fsp3) is 0.409. The van der Waals surface area contributed by atoms with Crippen LogP contribution in [0.5, 0.6) is 0 Å². The number of rotatable bonds is 6. The van der Waals surface area contributed by atoms with E-state index in [0.29, 0.717) is 35.8 Å². The first kappa shape index (κ1) is 24.6. The van der Waals surface area contributed by atoms with Gasteiger partial charge in [-0.1, -0.05) is 23.8 Å². The average Bonchev–Trinajstić information content (AvgIpc) is 3.36. The molecule has 32 heavy (non-hydrogen) atoms. The normalized spacial score (nSPS) is 21.3. The van der Waals surface area contributed by atoms with Gasteiger partial charge in [0.05, 0.1) is 12.7 Å². The molecule has 3 rings (SSSR count). The molecule has 0 aliphatic carbocycles. The molecule has 1 amide bonds. The minimum absolute atomic E-state index is 0.0442. The lowest BCUT2D eigenvalue weighted by molar-refractivity contribution is -0.125. The van der Waals surface area contributed by atoms with Crippen molar-refractivity contribution >= 4 is 58.1 Å². The Hall–Kier alpha value is -2.01. The Morgan fingerprint density at radius 3 is 2.91 bits per heavy atom. The number of aromatic amines is 1. The van der Waals surface area contributed by atoms with Gasteiger partial charge in [-0.3, -0.25) is 4.79 Å². The van der Waals surface area contributed by atoms with E-state index in [1.54, 1.807) is 52.8 Å². The van der Waals surface area contributed by atoms with Crippen LogP contribution in [0.25, 0.3) is 23.5 Å². The van der Waals surface area contributed by atoms with E-state index in [-0.39, 0.29) is 18.3 Å². The highest BCUT2D eigenvalue weighted by atomic mass is 127. The minimum atomic E-state index is -1.20. The molecule has 10 heteroatoms. The Bertz CT molecular complexity index is 1150. The van der Waals surface area contributed by atoms with Crippen molar-refractivity contribution in [2.75, 3.05) is 18.0 Å². The number of allylic oxidation sites excluding steroid dienone is 2. The van der Waals surface area contributed by atoms with Gasteiger partial charge in [-0.05, 0) is 62.3 Å². The summed E-state index contributed by atoms with van der Waals surface area (Å²) in [6.45, 7) is 5.79. The summed E-state index contributed by atoms with van der Waals surface area (Å²) in [5.74, 6) is -0.625. The van der Waals surface area contributed by atoms with Crippen molar-refractivity contribution in [3.05, 3.63) is 39.9 Å². The third-order valence-corrected chi connectivity index (χ3v) is 6.34. The van der Waals surface area contributed by atoms with Crippen molar-refractivity contribution in [1.29, 1.82) is 0 Å². The van der Waals surface area contributed by atoms with Crippen LogP contribution in [0.3, 0.4) is 0 Å². The Morgan fingerprint density at radius 2 is 2.25 bits per heavy atom. The van der Waals surface area contributed by atoms with Crippen LogP contribution in [-0.4, -0.2) is 43.7 Å². The van der Waals surface area contributed by atoms with Crippen LogP contribution in [-0.2, 0) is 4.79 Å². The van der Waals surface area contributed by atoms with Crippen molar-refractivity contribution < 1.29 is 13.6 Å². The van der Waals surface area contributed by atoms with Crippen molar-refractivity contribution in [2.45, 2.75) is 43.3 Å². The maximum atomic E-state index is 14.9. The number of halogens is 4. The number of H-pyrrole nitrogens is 1. The van der Waals surface area contributed by atoms with E-state index in [0.717, 1.165) is 16.8 Å². The Kier molecular flexibility index (Phi) is 7.92. The second-order valence-corrected chi connectivity index (χ2v) is 9.42. The highest BCUT2D eigenvalue weighted by Gasteiger charge is 2.45. The minimum Gasteiger partial charge on any atom is -0.361 e. The summed E-state index contributed by atoms with van der Waals surface area (Å²) in [6, 6.07) is 0. The molecule has 1 unspecified atom stereocenters. The predicted octanol–water partition coefficient (Wildman–Crippen LogP) is 3.54. The number of aromatic nitrogens is 3. The molecule has 1 fully saturated rings. The highest BCUT2D eigenvalue weighted by Crippen LogP contribution is 2.35. The third-order valence-electron chi connectivity index (χ3n) is 5.57. The van der Waals surface area contributed by atoms with E-state index in [9.17, 15) is 13.6 Å². The van der Waals surface area contributed by atoms with Gasteiger partial charge in [0.1, 0.15) is 5.54 Å². The molecular weight excluding hydrogens is 551 g/mol. The number of amides is 1. The molecule has 0 spiro atoms. The predicted molar refractivity (Wildman–Crippen MR) is 132 cm³/mol. The SMILES string of the molecule is C\C=c1/[nH]cc(-c2ncc(F)c(N3CCC[C@]3(C)C(=O)NCC(F)I)n2)/c1=C/C(Cl)=C\C. The molecule has 172 valence electrons. The van der Waals surface area contributed by atoms with E-state index in [1.165, 1.54) is 0 Å². The number of hydrogen-bond acceptors (Lipinski definition) is 4. The van der Waals surface area contributed by atoms with E-state index >= 15 is 0 Å². The van der Waals surface area contributed by atoms with Gasteiger partial charge in [-0.25, -0.2) is 18.7 Å². The molecule has 0 saturated carbocycles. The number of anilines is 1. The number of hydrogen-bond donors (Lipinski definition) is 2. The molecule has 1 aliphatic heterocycles. The molecule has 1 aliphatic rings. The average molecular weight is 576 g/mol. The number of nitrogens with zero attached hydrogens (tertiary/aromatic N) is 3. The first-order chi connectivity index (χ1) is 15.2. The van der Waals surface area contributed by atoms with Crippen molar-refractivity contribution in [3.8, 4) is 11.4 Å². The quantitative estimate of drug-likeness (QED) is 0.408. The molecule has 1 saturated heterocycles. The summed E-state index contributed by atoms with van der Waals surface area (Å²) in [7, 11) is 0. The maximum absolute atomic E-state index is 14.9. The molecule has 2 aromatic heterocycles. The zero-order valence-corrected chi connectivity index (χ0v) is 21.0.